The average Bonchev–Trinajstić information content (AvgIpc) is 0.854. The van der Waals surface area contributed by atoms with Crippen molar-refractivity contribution in [2.75, 3.05) is 102 Å². The minimum Gasteiger partial charge on any atom is -0.394 e. The van der Waals surface area contributed by atoms with Gasteiger partial charge in [-0.25, -0.2) is 9.36 Å². The van der Waals surface area contributed by atoms with E-state index in [4.69, 9.17) is 90.0 Å². The molecular formula is C76H128N6O53S4. The molecule has 139 heavy (non-hydrogen) atoms. The smallest absolute Gasteiger partial charge is 0.189 e. The van der Waals surface area contributed by atoms with Crippen LogP contribution in [0.1, 0.15) is 22.8 Å². The van der Waals surface area contributed by atoms with Crippen LogP contribution in [0.5, 0.6) is 0 Å². The Morgan fingerprint density at radius 2 is 0.417 bits per heavy atom. The van der Waals surface area contributed by atoms with Crippen molar-refractivity contribution in [3.63, 3.8) is 0 Å². The molecule has 0 aliphatic carbocycles. The van der Waals surface area contributed by atoms with Crippen molar-refractivity contribution >= 4 is 47.0 Å². The molecule has 2 aromatic rings. The highest BCUT2D eigenvalue weighted by molar-refractivity contribution is 8.00. The van der Waals surface area contributed by atoms with Crippen molar-refractivity contribution in [1.29, 1.82) is 0 Å². The van der Waals surface area contributed by atoms with Crippen LogP contribution in [0.25, 0.3) is 0 Å². The van der Waals surface area contributed by atoms with Gasteiger partial charge in [-0.3, -0.25) is 0 Å². The maximum absolute atomic E-state index is 11.6. The summed E-state index contributed by atoms with van der Waals surface area (Å²) in [6.45, 7) is -10.3. The molecule has 10 saturated heterocycles. The number of ether oxygens (including phenoxy) is 19. The standard InChI is InChI=1S/C76H128N6O53S4/c83-11-29-39(93)45(99)53(107)67(123-29)131-63-33(15-87)127-73(59(113)49(63)103)136-5-1-117-19-23-25(21-119-3-7-138-75-61(115)51(105)65(35(17-89)129-75)133-69-55(109)47(101)41(95)31(13-85)125-69)81(79-77-23)9-27-37(91)43(97)57(111)71(121-27)135-72-58(112)44(98)38(92)28(122-72)10-82-26(22-120-4-8-139-76-62(116)52(106)66(36(18-90)130-76)134-70-56(110)48(102)42(96)32(14-86)126-70)24(78-80-82)20-118-2-6-137-74-60(114)50(104)64(34(16-88)128-74)132-68-54(108)46(100)40(94)30(12-84)124-68/h27-76,83-116H,1-22H2/t27-,28-,29-,30-,31-,32-,33-,34-,35-,36-,37-,38-,39+,40+,41+,42+,43+,44+,45+,46+,47+,48+,49-,50-,51-,52-,53-,54-,55-,56-,57-,58-,59-,60-,61-,62-,63-,64-,65-,66-,67+,68+,69+,70+,71-,72-,73+,74+,75+,76+/m1/s1. The molecule has 2 aromatic heterocycles. The third-order valence-electron chi connectivity index (χ3n) is 25.0. The first-order valence-electron chi connectivity index (χ1n) is 44.4. The van der Waals surface area contributed by atoms with Crippen molar-refractivity contribution in [3.8, 4) is 0 Å². The first-order chi connectivity index (χ1) is 66.4. The van der Waals surface area contributed by atoms with Crippen molar-refractivity contribution in [1.82, 2.24) is 30.0 Å². The normalized spacial score (nSPS) is 45.3. The quantitative estimate of drug-likeness (QED) is 0.0274. The van der Waals surface area contributed by atoms with Gasteiger partial charge in [0.1, 0.15) is 277 Å². The lowest BCUT2D eigenvalue weighted by Crippen LogP contribution is -2.64. The van der Waals surface area contributed by atoms with Crippen LogP contribution in [0.4, 0.5) is 0 Å². The Labute approximate surface area is 805 Å². The van der Waals surface area contributed by atoms with Gasteiger partial charge in [0.25, 0.3) is 0 Å². The molecule has 50 atom stereocenters. The van der Waals surface area contributed by atoms with Crippen molar-refractivity contribution in [2.45, 2.75) is 343 Å². The Morgan fingerprint density at radius 1 is 0.216 bits per heavy atom. The highest BCUT2D eigenvalue weighted by Gasteiger charge is 2.58. The Hall–Kier alpha value is -2.44. The maximum atomic E-state index is 11.6. The van der Waals surface area contributed by atoms with Gasteiger partial charge in [0, 0.05) is 23.0 Å². The second-order valence-electron chi connectivity index (χ2n) is 34.2. The van der Waals surface area contributed by atoms with E-state index in [9.17, 15) is 174 Å². The van der Waals surface area contributed by atoms with Crippen LogP contribution in [0.3, 0.4) is 0 Å². The molecule has 12 rings (SSSR count). The van der Waals surface area contributed by atoms with E-state index < -0.39 is 396 Å². The molecular weight excluding hydrogens is 1970 g/mol. The molecule has 0 bridgehead atoms. The van der Waals surface area contributed by atoms with Gasteiger partial charge in [-0.15, -0.1) is 57.2 Å². The minimum atomic E-state index is -2.19. The average molecular weight is 2100 g/mol. The van der Waals surface area contributed by atoms with E-state index in [0.717, 1.165) is 56.4 Å². The molecule has 10 fully saturated rings. The van der Waals surface area contributed by atoms with Crippen LogP contribution in [0, 0.1) is 0 Å². The summed E-state index contributed by atoms with van der Waals surface area (Å²) in [5, 5.41) is 382. The molecule has 0 aromatic carbocycles. The lowest BCUT2D eigenvalue weighted by Gasteiger charge is -2.46. The molecule has 10 aliphatic heterocycles. The van der Waals surface area contributed by atoms with E-state index in [2.05, 4.69) is 20.6 Å². The number of nitrogens with zero attached hydrogens (tertiary/aromatic N) is 6. The topological polar surface area (TPSA) is 925 Å². The van der Waals surface area contributed by atoms with Crippen LogP contribution in [0.15, 0.2) is 0 Å². The molecule has 63 heteroatoms. The molecule has 0 saturated carbocycles. The Kier molecular flexibility index (Phi) is 44.2. The summed E-state index contributed by atoms with van der Waals surface area (Å²) >= 11 is 3.57. The van der Waals surface area contributed by atoms with Crippen LogP contribution in [-0.4, -0.2) is 610 Å². The summed E-state index contributed by atoms with van der Waals surface area (Å²) in [6.07, 6.45) is -81.9. The molecule has 34 N–H and O–H groups in total. The third-order valence-corrected chi connectivity index (χ3v) is 29.5. The maximum Gasteiger partial charge on any atom is 0.189 e. The first-order valence-corrected chi connectivity index (χ1v) is 48.6. The number of aliphatic hydroxyl groups excluding tert-OH is 34. The number of rotatable bonds is 46. The monoisotopic (exact) mass is 2100 g/mol. The third kappa shape index (κ3) is 26.9. The number of thioether (sulfide) groups is 4. The molecule has 0 amide bonds. The van der Waals surface area contributed by atoms with Gasteiger partial charge in [0.15, 0.2) is 37.7 Å². The molecule has 0 unspecified atom stereocenters. The second-order valence-corrected chi connectivity index (χ2v) is 39.0. The van der Waals surface area contributed by atoms with Crippen molar-refractivity contribution < 1.29 is 264 Å². The van der Waals surface area contributed by atoms with Gasteiger partial charge in [-0.05, 0) is 0 Å². The fraction of sp³-hybridized carbons (Fsp3) is 0.947. The van der Waals surface area contributed by atoms with Crippen molar-refractivity contribution in [2.24, 2.45) is 0 Å². The molecule has 59 nitrogen and oxygen atoms in total. The molecule has 10 aliphatic rings. The largest absolute Gasteiger partial charge is 0.394 e. The van der Waals surface area contributed by atoms with Crippen LogP contribution < -0.4 is 0 Å². The van der Waals surface area contributed by atoms with Gasteiger partial charge in [0.2, 0.25) is 0 Å². The van der Waals surface area contributed by atoms with Crippen molar-refractivity contribution in [3.05, 3.63) is 22.8 Å². The van der Waals surface area contributed by atoms with Gasteiger partial charge in [0.05, 0.1) is 130 Å². The number of hydrogen-bond donors (Lipinski definition) is 34. The summed E-state index contributed by atoms with van der Waals surface area (Å²) in [6, 6.07) is 0. The van der Waals surface area contributed by atoms with E-state index >= 15 is 0 Å². The lowest BCUT2D eigenvalue weighted by molar-refractivity contribution is -0.375. The summed E-state index contributed by atoms with van der Waals surface area (Å²) in [5.41, 5.74) is -4.93. The predicted molar refractivity (Wildman–Crippen MR) is 449 cm³/mol. The van der Waals surface area contributed by atoms with Crippen LogP contribution in [-0.2, 0) is 130 Å². The zero-order valence-electron chi connectivity index (χ0n) is 73.7. The van der Waals surface area contributed by atoms with E-state index in [1.807, 2.05) is 0 Å². The highest BCUT2D eigenvalue weighted by atomic mass is 32.2. The molecule has 0 radical (unpaired) electrons. The van der Waals surface area contributed by atoms with E-state index in [1.165, 1.54) is 0 Å². The van der Waals surface area contributed by atoms with E-state index in [1.54, 1.807) is 0 Å². The summed E-state index contributed by atoms with van der Waals surface area (Å²) in [4.78, 5) is 0. The summed E-state index contributed by atoms with van der Waals surface area (Å²) in [5.74, 6) is -0.131. The fourth-order valence-corrected chi connectivity index (χ4v) is 20.8. The van der Waals surface area contributed by atoms with Crippen LogP contribution >= 0.6 is 47.0 Å². The Balaban J connectivity index is 0.705. The van der Waals surface area contributed by atoms with E-state index in [0.29, 0.717) is 0 Å². The van der Waals surface area contributed by atoms with E-state index in [-0.39, 0.29) is 72.2 Å². The zero-order chi connectivity index (χ0) is 101. The van der Waals surface area contributed by atoms with Crippen LogP contribution in [0.2, 0.25) is 0 Å². The number of hydrogen-bond acceptors (Lipinski definition) is 61. The number of aliphatic hydroxyl groups is 34. The molecule has 12 heterocycles. The second kappa shape index (κ2) is 53.3. The predicted octanol–water partition coefficient (Wildman–Crippen LogP) is -21.3. The highest BCUT2D eigenvalue weighted by Crippen LogP contribution is 2.41. The number of aromatic nitrogens is 6. The van der Waals surface area contributed by atoms with Gasteiger partial charge < -0.3 is 264 Å². The fourth-order valence-electron chi connectivity index (χ4n) is 16.7. The minimum absolute atomic E-state index is 0.0162. The summed E-state index contributed by atoms with van der Waals surface area (Å²) < 4.78 is 112. The summed E-state index contributed by atoms with van der Waals surface area (Å²) in [7, 11) is 0. The SMILES string of the molecule is OC[C@H]1O[C@@H](O[C@H]2[C@H](O)[C@@H](O)[C@H](SCCOCc3nnn(C[C@H]4O[C@H](O[C@H]5O[C@H](Cn6nnc(COCCS[C@@H]7O[C@H](CO)[C@@H](O[C@@H]8O[C@H](CO)[C@H](O)[C@H](O)[C@H]8O)[C@H](O)[C@H]7O)c6COCCS[C@@H]6O[C@H](CO)[C@@H](O[C@@H]7O[C@H](CO)[C@H](O)[C@H](O)[C@H]7O)[C@H](O)[C@H]6O)[C@@H](O)[C@H](O)[C@H]5O)[C@H](O)[C@@H](O)[C@@H]4O)c3COCCS[C@@H]3O[C@H](CO)[C@@H](O[C@@H]4O[C@H](CO)[C@H](O)[C@H](O)[C@H]4O)[C@H](O)[C@H]3O)O[C@@H]2CO)[C@H](O)[C@@H](O)[C@H]1O. The Bertz CT molecular complexity index is 3680. The van der Waals surface area contributed by atoms with Gasteiger partial charge >= 0.3 is 0 Å². The lowest BCUT2D eigenvalue weighted by atomic mass is 9.97. The Morgan fingerprint density at radius 3 is 0.640 bits per heavy atom. The van der Waals surface area contributed by atoms with Gasteiger partial charge in [-0.2, -0.15) is 0 Å². The zero-order valence-corrected chi connectivity index (χ0v) is 77.0. The molecule has 0 spiro atoms. The first kappa shape index (κ1) is 115. The molecule has 804 valence electrons. The van der Waals surface area contributed by atoms with Gasteiger partial charge in [-0.1, -0.05) is 10.4 Å².